The Morgan fingerprint density at radius 2 is 1.92 bits per heavy atom. The van der Waals surface area contributed by atoms with Crippen molar-refractivity contribution < 1.29 is 23.1 Å². The Morgan fingerprint density at radius 1 is 1.19 bits per heavy atom. The van der Waals surface area contributed by atoms with E-state index in [1.54, 1.807) is 37.4 Å². The highest BCUT2D eigenvalue weighted by Gasteiger charge is 2.36. The maximum Gasteiger partial charge on any atom is 0.335 e. The molecule has 1 saturated heterocycles. The lowest BCUT2D eigenvalue weighted by Gasteiger charge is -2.43. The van der Waals surface area contributed by atoms with Gasteiger partial charge in [-0.25, -0.2) is 13.2 Å². The lowest BCUT2D eigenvalue weighted by molar-refractivity contribution is 0.0697. The summed E-state index contributed by atoms with van der Waals surface area (Å²) in [6, 6.07) is 12.5. The quantitative estimate of drug-likeness (QED) is 0.520. The average Bonchev–Trinajstić information content (AvgIpc) is 3.32. The molecule has 0 amide bonds. The molecule has 192 valence electrons. The van der Waals surface area contributed by atoms with Gasteiger partial charge in [0.2, 0.25) is 0 Å². The van der Waals surface area contributed by atoms with Gasteiger partial charge in [0.15, 0.2) is 9.84 Å². The van der Waals surface area contributed by atoms with Crippen LogP contribution in [0.1, 0.15) is 27.9 Å². The van der Waals surface area contributed by atoms with Crippen LogP contribution in [0.3, 0.4) is 0 Å². The van der Waals surface area contributed by atoms with Gasteiger partial charge in [-0.2, -0.15) is 0 Å². The number of aromatic carboxylic acids is 1. The zero-order valence-corrected chi connectivity index (χ0v) is 21.7. The van der Waals surface area contributed by atoms with Gasteiger partial charge in [0, 0.05) is 67.3 Å². The minimum absolute atomic E-state index is 0.199. The number of hydrogen-bond donors (Lipinski definition) is 2. The molecule has 36 heavy (non-hydrogen) atoms. The standard InChI is InChI=1S/C20H27N3O3S.C7H6O2/c1-14-10-19(26-2)18(17-4-7-21-20(14)17)13-22-8-5-15(6-9-22)23-11-16(12-23)27(3,24)25;8-7(9)6-4-2-1-3-5-6/h4-5,7,10,16,21H,6,8-9,11-13H2,1-3H3;1-5H,(H,8,9). The predicted octanol–water partition coefficient (Wildman–Crippen LogP) is 3.69. The summed E-state index contributed by atoms with van der Waals surface area (Å²) in [5.74, 6) is 0.0590. The van der Waals surface area contributed by atoms with Crippen molar-refractivity contribution in [2.75, 3.05) is 39.5 Å². The molecule has 3 heterocycles. The molecule has 0 atom stereocenters. The number of fused-ring (bicyclic) bond motifs is 1. The number of aromatic amines is 1. The molecule has 3 aromatic rings. The van der Waals surface area contributed by atoms with E-state index in [-0.39, 0.29) is 5.25 Å². The third kappa shape index (κ3) is 5.74. The van der Waals surface area contributed by atoms with E-state index < -0.39 is 15.8 Å². The van der Waals surface area contributed by atoms with E-state index >= 15 is 0 Å². The van der Waals surface area contributed by atoms with Crippen LogP contribution >= 0.6 is 0 Å². The van der Waals surface area contributed by atoms with Crippen LogP contribution in [-0.4, -0.2) is 79.1 Å². The van der Waals surface area contributed by atoms with Crippen LogP contribution in [-0.2, 0) is 16.4 Å². The lowest BCUT2D eigenvalue weighted by atomic mass is 10.0. The number of ether oxygens (including phenoxy) is 1. The first-order chi connectivity index (χ1) is 17.2. The Bertz CT molecular complexity index is 1360. The molecule has 2 aromatic carbocycles. The van der Waals surface area contributed by atoms with Crippen molar-refractivity contribution in [2.45, 2.75) is 25.1 Å². The van der Waals surface area contributed by atoms with E-state index in [0.717, 1.165) is 31.8 Å². The molecule has 2 aliphatic rings. The van der Waals surface area contributed by atoms with Crippen LogP contribution in [0.2, 0.25) is 0 Å². The number of nitrogens with one attached hydrogen (secondary N) is 1. The number of likely N-dealkylation sites (tertiary alicyclic amines) is 1. The minimum atomic E-state index is -2.91. The summed E-state index contributed by atoms with van der Waals surface area (Å²) in [5, 5.41) is 9.41. The van der Waals surface area contributed by atoms with E-state index in [9.17, 15) is 13.2 Å². The van der Waals surface area contributed by atoms with Crippen molar-refractivity contribution in [2.24, 2.45) is 0 Å². The molecule has 0 aliphatic carbocycles. The summed E-state index contributed by atoms with van der Waals surface area (Å²) in [6.45, 7) is 6.05. The first-order valence-electron chi connectivity index (χ1n) is 11.9. The number of sulfone groups is 1. The van der Waals surface area contributed by atoms with E-state index in [0.29, 0.717) is 18.7 Å². The molecule has 2 aliphatic heterocycles. The predicted molar refractivity (Wildman–Crippen MR) is 141 cm³/mol. The fourth-order valence-corrected chi connectivity index (χ4v) is 5.56. The Balaban J connectivity index is 0.000000286. The number of benzene rings is 2. The van der Waals surface area contributed by atoms with Crippen molar-refractivity contribution in [3.8, 4) is 5.75 Å². The molecule has 1 aromatic heterocycles. The number of hydrogen-bond acceptors (Lipinski definition) is 6. The molecule has 0 unspecified atom stereocenters. The number of nitrogens with zero attached hydrogens (tertiary/aromatic N) is 2. The monoisotopic (exact) mass is 511 g/mol. The highest BCUT2D eigenvalue weighted by molar-refractivity contribution is 7.91. The van der Waals surface area contributed by atoms with E-state index in [4.69, 9.17) is 9.84 Å². The van der Waals surface area contributed by atoms with Crippen LogP contribution in [0.4, 0.5) is 0 Å². The second-order valence-corrected chi connectivity index (χ2v) is 11.7. The van der Waals surface area contributed by atoms with Crippen molar-refractivity contribution in [3.05, 3.63) is 77.1 Å². The fraction of sp³-hybridized carbons (Fsp3) is 0.370. The third-order valence-electron chi connectivity index (χ3n) is 6.86. The largest absolute Gasteiger partial charge is 0.496 e. The van der Waals surface area contributed by atoms with E-state index in [1.807, 2.05) is 6.20 Å². The van der Waals surface area contributed by atoms with E-state index in [1.165, 1.54) is 34.0 Å². The Morgan fingerprint density at radius 3 is 2.47 bits per heavy atom. The summed E-state index contributed by atoms with van der Waals surface area (Å²) in [4.78, 5) is 18.2. The summed E-state index contributed by atoms with van der Waals surface area (Å²) < 4.78 is 28.8. The van der Waals surface area contributed by atoms with Crippen LogP contribution in [0, 0.1) is 6.92 Å². The van der Waals surface area contributed by atoms with Gasteiger partial charge in [-0.05, 0) is 43.2 Å². The number of aryl methyl sites for hydroxylation is 1. The summed E-state index contributed by atoms with van der Waals surface area (Å²) in [7, 11) is -1.18. The summed E-state index contributed by atoms with van der Waals surface area (Å²) in [6.07, 6.45) is 6.53. The fourth-order valence-electron chi connectivity index (χ4n) is 4.66. The van der Waals surface area contributed by atoms with Crippen LogP contribution in [0.15, 0.2) is 60.4 Å². The number of aromatic nitrogens is 1. The van der Waals surface area contributed by atoms with Crippen molar-refractivity contribution in [1.82, 2.24) is 14.8 Å². The zero-order chi connectivity index (χ0) is 25.9. The maximum absolute atomic E-state index is 11.6. The molecule has 0 spiro atoms. The van der Waals surface area contributed by atoms with Gasteiger partial charge in [-0.15, -0.1) is 0 Å². The zero-order valence-electron chi connectivity index (χ0n) is 20.9. The molecule has 2 N–H and O–H groups in total. The molecular weight excluding hydrogens is 478 g/mol. The summed E-state index contributed by atoms with van der Waals surface area (Å²) >= 11 is 0. The topological polar surface area (TPSA) is 103 Å². The summed E-state index contributed by atoms with van der Waals surface area (Å²) in [5.41, 5.74) is 5.20. The second-order valence-electron chi connectivity index (χ2n) is 9.35. The number of carboxylic acids is 1. The van der Waals surface area contributed by atoms with Gasteiger partial charge in [-0.1, -0.05) is 24.3 Å². The molecule has 5 rings (SSSR count). The Labute approximate surface area is 212 Å². The third-order valence-corrected chi connectivity index (χ3v) is 8.37. The molecule has 9 heteroatoms. The van der Waals surface area contributed by atoms with Gasteiger partial charge in [0.1, 0.15) is 5.75 Å². The number of methoxy groups -OCH3 is 1. The Hall–Kier alpha value is -3.30. The molecule has 0 saturated carbocycles. The van der Waals surface area contributed by atoms with Gasteiger partial charge < -0.3 is 19.7 Å². The number of rotatable bonds is 6. The minimum Gasteiger partial charge on any atom is -0.496 e. The first-order valence-corrected chi connectivity index (χ1v) is 13.9. The normalized spacial score (nSPS) is 16.6. The lowest BCUT2D eigenvalue weighted by Crippen LogP contribution is -2.54. The van der Waals surface area contributed by atoms with E-state index in [2.05, 4.69) is 39.9 Å². The number of H-pyrrole nitrogens is 1. The van der Waals surface area contributed by atoms with Crippen molar-refractivity contribution >= 4 is 26.7 Å². The van der Waals surface area contributed by atoms with Crippen molar-refractivity contribution in [1.29, 1.82) is 0 Å². The molecular formula is C27H33N3O5S. The van der Waals surface area contributed by atoms with Gasteiger partial charge >= 0.3 is 5.97 Å². The molecule has 1 fully saturated rings. The van der Waals surface area contributed by atoms with Crippen LogP contribution < -0.4 is 4.74 Å². The van der Waals surface area contributed by atoms with Gasteiger partial charge in [0.05, 0.1) is 17.9 Å². The second kappa shape index (κ2) is 10.8. The maximum atomic E-state index is 11.6. The van der Waals surface area contributed by atoms with Crippen molar-refractivity contribution in [3.63, 3.8) is 0 Å². The molecule has 0 bridgehead atoms. The highest BCUT2D eigenvalue weighted by Crippen LogP contribution is 2.32. The highest BCUT2D eigenvalue weighted by atomic mass is 32.2. The average molecular weight is 512 g/mol. The number of carbonyl (C=O) groups is 1. The molecule has 8 nitrogen and oxygen atoms in total. The smallest absolute Gasteiger partial charge is 0.335 e. The van der Waals surface area contributed by atoms with Crippen LogP contribution in [0.25, 0.3) is 10.9 Å². The van der Waals surface area contributed by atoms with Crippen LogP contribution in [0.5, 0.6) is 5.75 Å². The first kappa shape index (κ1) is 25.8. The SMILES string of the molecule is COc1cc(C)c2[nH]ccc2c1CN1CC=C(N2CC(S(C)(=O)=O)C2)CC1.O=C(O)c1ccccc1. The molecule has 0 radical (unpaired) electrons. The van der Waals surface area contributed by atoms with Gasteiger partial charge in [0.25, 0.3) is 0 Å². The number of carboxylic acid groups (broad SMARTS) is 1. The Kier molecular flexibility index (Phi) is 7.70. The van der Waals surface area contributed by atoms with Gasteiger partial charge in [-0.3, -0.25) is 4.90 Å².